The van der Waals surface area contributed by atoms with E-state index in [1.807, 2.05) is 4.57 Å². The van der Waals surface area contributed by atoms with E-state index in [2.05, 4.69) is 22.4 Å². The molecule has 2 saturated carbocycles. The Morgan fingerprint density at radius 3 is 2.85 bits per heavy atom. The van der Waals surface area contributed by atoms with Crippen molar-refractivity contribution in [2.24, 2.45) is 0 Å². The Morgan fingerprint density at radius 1 is 1.30 bits per heavy atom. The summed E-state index contributed by atoms with van der Waals surface area (Å²) in [4.78, 5) is 11.9. The smallest absolute Gasteiger partial charge is 0.313 e. The Labute approximate surface area is 123 Å². The summed E-state index contributed by atoms with van der Waals surface area (Å²) in [6, 6.07) is 0.944. The van der Waals surface area contributed by atoms with E-state index in [4.69, 9.17) is 0 Å². The zero-order valence-electron chi connectivity index (χ0n) is 12.1. The Bertz CT molecular complexity index is 494. The van der Waals surface area contributed by atoms with Gasteiger partial charge in [-0.25, -0.2) is 9.89 Å². The van der Waals surface area contributed by atoms with Gasteiger partial charge in [0.15, 0.2) is 5.16 Å². The minimum Gasteiger partial charge on any atom is -0.313 e. The largest absolute Gasteiger partial charge is 0.344 e. The van der Waals surface area contributed by atoms with Gasteiger partial charge in [0.05, 0.1) is 0 Å². The molecule has 2 fully saturated rings. The highest BCUT2D eigenvalue weighted by Gasteiger charge is 2.31. The van der Waals surface area contributed by atoms with Gasteiger partial charge in [0.2, 0.25) is 0 Å². The molecule has 2 atom stereocenters. The van der Waals surface area contributed by atoms with Crippen LogP contribution in [0.2, 0.25) is 0 Å². The van der Waals surface area contributed by atoms with Crippen LogP contribution in [-0.2, 0) is 0 Å². The molecule has 20 heavy (non-hydrogen) atoms. The molecule has 0 amide bonds. The first-order valence-corrected chi connectivity index (χ1v) is 8.74. The van der Waals surface area contributed by atoms with Gasteiger partial charge >= 0.3 is 5.69 Å². The Hall–Kier alpha value is -0.750. The van der Waals surface area contributed by atoms with Crippen molar-refractivity contribution in [3.05, 3.63) is 10.5 Å². The molecule has 0 aromatic carbocycles. The molecule has 0 radical (unpaired) electrons. The van der Waals surface area contributed by atoms with Crippen molar-refractivity contribution < 1.29 is 0 Å². The number of aromatic amines is 1. The number of thioether (sulfide) groups is 1. The van der Waals surface area contributed by atoms with Gasteiger partial charge in [0, 0.05) is 17.3 Å². The SMILES string of the molecule is CCNC1CCCCCC1Sc1n[nH]c(=O)n1C1CC1. The Kier molecular flexibility index (Phi) is 4.51. The third-order valence-corrected chi connectivity index (χ3v) is 5.63. The highest BCUT2D eigenvalue weighted by Crippen LogP contribution is 2.38. The van der Waals surface area contributed by atoms with Gasteiger partial charge in [-0.05, 0) is 32.2 Å². The van der Waals surface area contributed by atoms with Crippen LogP contribution in [0.25, 0.3) is 0 Å². The summed E-state index contributed by atoms with van der Waals surface area (Å²) in [6.07, 6.45) is 8.62. The van der Waals surface area contributed by atoms with Crippen LogP contribution in [0.4, 0.5) is 0 Å². The lowest BCUT2D eigenvalue weighted by molar-refractivity contribution is 0.481. The number of hydrogen-bond acceptors (Lipinski definition) is 4. The van der Waals surface area contributed by atoms with E-state index in [9.17, 15) is 4.79 Å². The molecule has 1 aromatic rings. The first-order chi connectivity index (χ1) is 9.79. The summed E-state index contributed by atoms with van der Waals surface area (Å²) in [7, 11) is 0. The van der Waals surface area contributed by atoms with Crippen molar-refractivity contribution in [3.8, 4) is 0 Å². The Balaban J connectivity index is 1.75. The number of aromatic nitrogens is 3. The number of nitrogens with zero attached hydrogens (tertiary/aromatic N) is 2. The summed E-state index contributed by atoms with van der Waals surface area (Å²) in [6.45, 7) is 3.18. The van der Waals surface area contributed by atoms with E-state index in [-0.39, 0.29) is 5.69 Å². The maximum atomic E-state index is 11.9. The fourth-order valence-electron chi connectivity index (χ4n) is 3.07. The molecule has 2 unspecified atom stereocenters. The highest BCUT2D eigenvalue weighted by molar-refractivity contribution is 7.99. The average Bonchev–Trinajstić information content (AvgIpc) is 3.22. The molecule has 3 rings (SSSR count). The molecular formula is C14H24N4OS. The lowest BCUT2D eigenvalue weighted by Crippen LogP contribution is -2.37. The molecular weight excluding hydrogens is 272 g/mol. The summed E-state index contributed by atoms with van der Waals surface area (Å²) >= 11 is 1.80. The van der Waals surface area contributed by atoms with Crippen LogP contribution in [0.5, 0.6) is 0 Å². The molecule has 2 aliphatic rings. The van der Waals surface area contributed by atoms with Crippen LogP contribution in [-0.4, -0.2) is 32.6 Å². The number of nitrogens with one attached hydrogen (secondary N) is 2. The molecule has 112 valence electrons. The first kappa shape index (κ1) is 14.2. The minimum atomic E-state index is -0.0383. The van der Waals surface area contributed by atoms with Crippen LogP contribution < -0.4 is 11.0 Å². The normalized spacial score (nSPS) is 27.4. The molecule has 2 N–H and O–H groups in total. The third-order valence-electron chi connectivity index (χ3n) is 4.26. The second-order valence-electron chi connectivity index (χ2n) is 5.87. The van der Waals surface area contributed by atoms with Gasteiger partial charge in [-0.15, -0.1) is 5.10 Å². The van der Waals surface area contributed by atoms with Gasteiger partial charge in [0.1, 0.15) is 0 Å². The summed E-state index contributed by atoms with van der Waals surface area (Å²) in [5.74, 6) is 0. The van der Waals surface area contributed by atoms with E-state index in [1.54, 1.807) is 11.8 Å². The van der Waals surface area contributed by atoms with E-state index in [0.29, 0.717) is 17.3 Å². The first-order valence-electron chi connectivity index (χ1n) is 7.86. The van der Waals surface area contributed by atoms with Crippen molar-refractivity contribution in [1.82, 2.24) is 20.1 Å². The number of rotatable bonds is 5. The zero-order chi connectivity index (χ0) is 13.9. The van der Waals surface area contributed by atoms with Gasteiger partial charge in [-0.1, -0.05) is 37.9 Å². The quantitative estimate of drug-likeness (QED) is 0.819. The van der Waals surface area contributed by atoms with E-state index >= 15 is 0 Å². The summed E-state index contributed by atoms with van der Waals surface area (Å²) < 4.78 is 1.87. The maximum absolute atomic E-state index is 11.9. The van der Waals surface area contributed by atoms with Crippen molar-refractivity contribution >= 4 is 11.8 Å². The maximum Gasteiger partial charge on any atom is 0.344 e. The predicted molar refractivity (Wildman–Crippen MR) is 81.3 cm³/mol. The van der Waals surface area contributed by atoms with Gasteiger partial charge < -0.3 is 5.32 Å². The van der Waals surface area contributed by atoms with Crippen molar-refractivity contribution in [3.63, 3.8) is 0 Å². The molecule has 0 bridgehead atoms. The standard InChI is InChI=1S/C14H24N4OS/c1-2-15-11-6-4-3-5-7-12(11)20-14-17-16-13(19)18(14)10-8-9-10/h10-12,15H,2-9H2,1H3,(H,16,19). The molecule has 5 nitrogen and oxygen atoms in total. The molecule has 0 aliphatic heterocycles. The summed E-state index contributed by atoms with van der Waals surface area (Å²) in [5, 5.41) is 11.9. The second-order valence-corrected chi connectivity index (χ2v) is 7.08. The van der Waals surface area contributed by atoms with Gasteiger partial charge in [-0.2, -0.15) is 0 Å². The minimum absolute atomic E-state index is 0.0383. The van der Waals surface area contributed by atoms with Crippen LogP contribution in [0.3, 0.4) is 0 Å². The molecule has 2 aliphatic carbocycles. The van der Waals surface area contributed by atoms with E-state index < -0.39 is 0 Å². The van der Waals surface area contributed by atoms with Crippen LogP contribution in [0.15, 0.2) is 9.95 Å². The summed E-state index contributed by atoms with van der Waals surface area (Å²) in [5.41, 5.74) is -0.0383. The Morgan fingerprint density at radius 2 is 2.10 bits per heavy atom. The van der Waals surface area contributed by atoms with E-state index in [1.165, 1.54) is 32.1 Å². The van der Waals surface area contributed by atoms with Gasteiger partial charge in [0.25, 0.3) is 0 Å². The fourth-order valence-corrected chi connectivity index (χ4v) is 4.47. The zero-order valence-corrected chi connectivity index (χ0v) is 12.9. The lowest BCUT2D eigenvalue weighted by Gasteiger charge is -2.24. The molecule has 1 heterocycles. The fraction of sp³-hybridized carbons (Fsp3) is 0.857. The molecule has 6 heteroatoms. The van der Waals surface area contributed by atoms with Crippen LogP contribution >= 0.6 is 11.8 Å². The van der Waals surface area contributed by atoms with Crippen LogP contribution in [0, 0.1) is 0 Å². The highest BCUT2D eigenvalue weighted by atomic mass is 32.2. The third kappa shape index (κ3) is 3.11. The topological polar surface area (TPSA) is 62.7 Å². The van der Waals surface area contributed by atoms with Crippen molar-refractivity contribution in [2.45, 2.75) is 74.4 Å². The lowest BCUT2D eigenvalue weighted by atomic mass is 10.1. The molecule has 1 aromatic heterocycles. The number of hydrogen-bond donors (Lipinski definition) is 2. The molecule has 0 saturated heterocycles. The average molecular weight is 296 g/mol. The van der Waals surface area contributed by atoms with Crippen LogP contribution in [0.1, 0.15) is 57.9 Å². The number of H-pyrrole nitrogens is 1. The van der Waals surface area contributed by atoms with Crippen molar-refractivity contribution in [1.29, 1.82) is 0 Å². The van der Waals surface area contributed by atoms with Gasteiger partial charge in [-0.3, -0.25) is 4.57 Å². The predicted octanol–water partition coefficient (Wildman–Crippen LogP) is 2.31. The van der Waals surface area contributed by atoms with Crippen molar-refractivity contribution in [2.75, 3.05) is 6.54 Å². The van der Waals surface area contributed by atoms with E-state index in [0.717, 1.165) is 24.5 Å². The monoisotopic (exact) mass is 296 g/mol. The molecule has 0 spiro atoms. The second kappa shape index (κ2) is 6.35.